The van der Waals surface area contributed by atoms with Crippen molar-refractivity contribution in [2.75, 3.05) is 19.0 Å². The minimum atomic E-state index is -0.951. The van der Waals surface area contributed by atoms with Gasteiger partial charge >= 0.3 is 5.97 Å². The van der Waals surface area contributed by atoms with Gasteiger partial charge in [0.25, 0.3) is 0 Å². The van der Waals surface area contributed by atoms with Crippen LogP contribution >= 0.6 is 11.8 Å². The van der Waals surface area contributed by atoms with Gasteiger partial charge in [-0.15, -0.1) is 0 Å². The molecule has 0 saturated heterocycles. The zero-order chi connectivity index (χ0) is 13.4. The lowest BCUT2D eigenvalue weighted by molar-refractivity contribution is 0.0696. The van der Waals surface area contributed by atoms with Gasteiger partial charge in [0.15, 0.2) is 0 Å². The third kappa shape index (κ3) is 5.42. The van der Waals surface area contributed by atoms with Crippen molar-refractivity contribution in [1.82, 2.24) is 0 Å². The minimum absolute atomic E-state index is 0.187. The van der Waals surface area contributed by atoms with Crippen molar-refractivity contribution in [3.63, 3.8) is 0 Å². The highest BCUT2D eigenvalue weighted by Crippen LogP contribution is 2.15. The quantitative estimate of drug-likeness (QED) is 0.709. The normalized spacial score (nSPS) is 12.1. The molecule has 0 aromatic heterocycles. The fourth-order valence-corrected chi connectivity index (χ4v) is 2.10. The second-order valence-electron chi connectivity index (χ2n) is 3.90. The number of hydrogen-bond acceptors (Lipinski definition) is 4. The molecule has 18 heavy (non-hydrogen) atoms. The Hall–Kier alpha value is -1.20. The molecule has 1 atom stereocenters. The molecule has 0 radical (unpaired) electrons. The summed E-state index contributed by atoms with van der Waals surface area (Å²) in [4.78, 5) is 10.8. The minimum Gasteiger partial charge on any atom is -0.494 e. The Morgan fingerprint density at radius 3 is 2.94 bits per heavy atom. The van der Waals surface area contributed by atoms with Crippen molar-refractivity contribution < 1.29 is 19.7 Å². The molecular weight excluding hydrogens is 252 g/mol. The monoisotopic (exact) mass is 270 g/mol. The highest BCUT2D eigenvalue weighted by Gasteiger charge is 2.04. The van der Waals surface area contributed by atoms with Crippen molar-refractivity contribution in [1.29, 1.82) is 0 Å². The summed E-state index contributed by atoms with van der Waals surface area (Å²) in [6.45, 7) is 2.71. The van der Waals surface area contributed by atoms with Gasteiger partial charge in [-0.1, -0.05) is 13.0 Å². The SMILES string of the molecule is CC(CO)SCCCOc1cccc(C(=O)O)c1. The average molecular weight is 270 g/mol. The Bertz CT molecular complexity index is 381. The van der Waals surface area contributed by atoms with Crippen molar-refractivity contribution in [2.24, 2.45) is 0 Å². The smallest absolute Gasteiger partial charge is 0.335 e. The molecule has 0 saturated carbocycles. The van der Waals surface area contributed by atoms with E-state index in [0.717, 1.165) is 12.2 Å². The number of carboxylic acid groups (broad SMARTS) is 1. The van der Waals surface area contributed by atoms with Crippen LogP contribution in [0.4, 0.5) is 0 Å². The molecule has 5 heteroatoms. The van der Waals surface area contributed by atoms with Gasteiger partial charge in [-0.05, 0) is 30.4 Å². The van der Waals surface area contributed by atoms with Crippen molar-refractivity contribution >= 4 is 17.7 Å². The number of benzene rings is 1. The van der Waals surface area contributed by atoms with Crippen LogP contribution in [0.15, 0.2) is 24.3 Å². The Balaban J connectivity index is 2.27. The molecule has 0 bridgehead atoms. The van der Waals surface area contributed by atoms with Crippen molar-refractivity contribution in [3.8, 4) is 5.75 Å². The van der Waals surface area contributed by atoms with Crippen molar-refractivity contribution in [2.45, 2.75) is 18.6 Å². The van der Waals surface area contributed by atoms with Gasteiger partial charge in [0.1, 0.15) is 5.75 Å². The Labute approximate surface area is 111 Å². The number of aromatic carboxylic acids is 1. The van der Waals surface area contributed by atoms with E-state index in [1.54, 1.807) is 23.9 Å². The zero-order valence-corrected chi connectivity index (χ0v) is 11.2. The fraction of sp³-hybridized carbons (Fsp3) is 0.462. The first-order valence-corrected chi connectivity index (χ1v) is 6.87. The summed E-state index contributed by atoms with van der Waals surface area (Å²) < 4.78 is 5.47. The van der Waals surface area contributed by atoms with E-state index in [4.69, 9.17) is 14.9 Å². The predicted octanol–water partition coefficient (Wildman–Crippen LogP) is 2.27. The summed E-state index contributed by atoms with van der Waals surface area (Å²) in [5, 5.41) is 17.9. The largest absolute Gasteiger partial charge is 0.494 e. The first-order valence-electron chi connectivity index (χ1n) is 5.82. The van der Waals surface area contributed by atoms with Crippen LogP contribution in [-0.2, 0) is 0 Å². The van der Waals surface area contributed by atoms with Crippen LogP contribution in [-0.4, -0.2) is 40.4 Å². The molecule has 1 unspecified atom stereocenters. The fourth-order valence-electron chi connectivity index (χ4n) is 1.31. The first-order chi connectivity index (χ1) is 8.63. The number of hydrogen-bond donors (Lipinski definition) is 2. The van der Waals surface area contributed by atoms with Crippen LogP contribution in [0, 0.1) is 0 Å². The highest BCUT2D eigenvalue weighted by atomic mass is 32.2. The van der Waals surface area contributed by atoms with E-state index in [1.165, 1.54) is 12.1 Å². The van der Waals surface area contributed by atoms with E-state index in [-0.39, 0.29) is 17.4 Å². The maximum atomic E-state index is 10.8. The predicted molar refractivity (Wildman–Crippen MR) is 72.5 cm³/mol. The van der Waals surface area contributed by atoms with Crippen LogP contribution in [0.5, 0.6) is 5.75 Å². The first kappa shape index (κ1) is 14.9. The van der Waals surface area contributed by atoms with Crippen LogP contribution in [0.2, 0.25) is 0 Å². The molecule has 0 fully saturated rings. The lowest BCUT2D eigenvalue weighted by atomic mass is 10.2. The summed E-state index contributed by atoms with van der Waals surface area (Å²) in [5.41, 5.74) is 0.232. The van der Waals surface area contributed by atoms with Crippen LogP contribution in [0.25, 0.3) is 0 Å². The summed E-state index contributed by atoms with van der Waals surface area (Å²) in [6, 6.07) is 6.47. The molecule has 0 heterocycles. The summed E-state index contributed by atoms with van der Waals surface area (Å²) in [6.07, 6.45) is 0.867. The molecule has 1 aromatic rings. The number of thioether (sulfide) groups is 1. The lowest BCUT2D eigenvalue weighted by Crippen LogP contribution is -2.05. The summed E-state index contributed by atoms with van der Waals surface area (Å²) >= 11 is 1.70. The standard InChI is InChI=1S/C13H18O4S/c1-10(9-14)18-7-3-6-17-12-5-2-4-11(8-12)13(15)16/h2,4-5,8,10,14H,3,6-7,9H2,1H3,(H,15,16). The van der Waals surface area contributed by atoms with E-state index < -0.39 is 5.97 Å². The number of rotatable bonds is 8. The van der Waals surface area contributed by atoms with Crippen LogP contribution < -0.4 is 4.74 Å². The summed E-state index contributed by atoms with van der Waals surface area (Å²) in [5.74, 6) is 0.545. The van der Waals surface area contributed by atoms with E-state index in [0.29, 0.717) is 12.4 Å². The number of carboxylic acids is 1. The Morgan fingerprint density at radius 2 is 2.28 bits per heavy atom. The van der Waals surface area contributed by atoms with E-state index in [2.05, 4.69) is 0 Å². The van der Waals surface area contributed by atoms with Gasteiger partial charge < -0.3 is 14.9 Å². The number of ether oxygens (including phenoxy) is 1. The molecule has 2 N–H and O–H groups in total. The molecule has 0 aliphatic rings. The molecule has 4 nitrogen and oxygen atoms in total. The molecule has 0 amide bonds. The third-order valence-electron chi connectivity index (χ3n) is 2.30. The van der Waals surface area contributed by atoms with Gasteiger partial charge in [-0.2, -0.15) is 11.8 Å². The van der Waals surface area contributed by atoms with Gasteiger partial charge in [-0.25, -0.2) is 4.79 Å². The number of aliphatic hydroxyl groups is 1. The molecule has 100 valence electrons. The van der Waals surface area contributed by atoms with Gasteiger partial charge in [0, 0.05) is 5.25 Å². The second-order valence-corrected chi connectivity index (χ2v) is 5.45. The Morgan fingerprint density at radius 1 is 1.50 bits per heavy atom. The molecule has 0 spiro atoms. The van der Waals surface area contributed by atoms with Gasteiger partial charge in [0.2, 0.25) is 0 Å². The zero-order valence-electron chi connectivity index (χ0n) is 10.3. The molecule has 1 rings (SSSR count). The number of carbonyl (C=O) groups is 1. The van der Waals surface area contributed by atoms with Gasteiger partial charge in [-0.3, -0.25) is 0 Å². The third-order valence-corrected chi connectivity index (χ3v) is 3.54. The molecule has 1 aromatic carbocycles. The Kier molecular flexibility index (Phi) is 6.60. The summed E-state index contributed by atoms with van der Waals surface area (Å²) in [7, 11) is 0. The topological polar surface area (TPSA) is 66.8 Å². The van der Waals surface area contributed by atoms with E-state index in [1.807, 2.05) is 6.92 Å². The van der Waals surface area contributed by atoms with Crippen molar-refractivity contribution in [3.05, 3.63) is 29.8 Å². The van der Waals surface area contributed by atoms with E-state index >= 15 is 0 Å². The van der Waals surface area contributed by atoms with Gasteiger partial charge in [0.05, 0.1) is 18.8 Å². The second kappa shape index (κ2) is 8.00. The maximum Gasteiger partial charge on any atom is 0.335 e. The van der Waals surface area contributed by atoms with Crippen LogP contribution in [0.1, 0.15) is 23.7 Å². The van der Waals surface area contributed by atoms with Crippen LogP contribution in [0.3, 0.4) is 0 Å². The average Bonchev–Trinajstić information content (AvgIpc) is 2.38. The highest BCUT2D eigenvalue weighted by molar-refractivity contribution is 7.99. The lowest BCUT2D eigenvalue weighted by Gasteiger charge is -2.09. The maximum absolute atomic E-state index is 10.8. The number of aliphatic hydroxyl groups excluding tert-OH is 1. The molecular formula is C13H18O4S. The molecule has 0 aliphatic carbocycles. The van der Waals surface area contributed by atoms with E-state index in [9.17, 15) is 4.79 Å². The molecule has 0 aliphatic heterocycles.